The number of unbranched alkanes of at least 4 members (excludes halogenated alkanes) is 1. The summed E-state index contributed by atoms with van der Waals surface area (Å²) in [6.45, 7) is 3.02. The Hall–Kier alpha value is -3.14. The average Bonchev–Trinajstić information content (AvgIpc) is 2.68. The molecule has 26 heavy (non-hydrogen) atoms. The molecule has 4 nitrogen and oxygen atoms in total. The van der Waals surface area contributed by atoms with Gasteiger partial charge >= 0.3 is 0 Å². The predicted octanol–water partition coefficient (Wildman–Crippen LogP) is 4.85. The van der Waals surface area contributed by atoms with Crippen molar-refractivity contribution in [2.24, 2.45) is 0 Å². The Kier molecular flexibility index (Phi) is 4.17. The molecule has 0 spiro atoms. The lowest BCUT2D eigenvalue weighted by molar-refractivity contribution is 0.0893. The van der Waals surface area contributed by atoms with Crippen LogP contribution in [-0.4, -0.2) is 18.4 Å². The van der Waals surface area contributed by atoms with Gasteiger partial charge in [-0.2, -0.15) is 0 Å². The number of benzene rings is 3. The topological polar surface area (TPSA) is 49.4 Å². The van der Waals surface area contributed by atoms with Crippen molar-refractivity contribution in [1.82, 2.24) is 0 Å². The fourth-order valence-corrected chi connectivity index (χ4v) is 3.46. The Labute approximate surface area is 152 Å². The molecule has 1 aliphatic heterocycles. The lowest BCUT2D eigenvalue weighted by Crippen LogP contribution is -2.40. The summed E-state index contributed by atoms with van der Waals surface area (Å²) in [5, 5.41) is 5.10. The number of carbonyl (C=O) groups excluding carboxylic acids is 2. The SMILES string of the molecule is CCCCNc1ccc2c3c(cccc13)C(=O)N(c1ccccc1)C2=O. The Morgan fingerprint density at radius 3 is 2.31 bits per heavy atom. The van der Waals surface area contributed by atoms with Crippen LogP contribution >= 0.6 is 0 Å². The highest BCUT2D eigenvalue weighted by Gasteiger charge is 2.34. The van der Waals surface area contributed by atoms with E-state index >= 15 is 0 Å². The normalized spacial score (nSPS) is 13.3. The molecular formula is C22H20N2O2. The van der Waals surface area contributed by atoms with E-state index in [4.69, 9.17) is 0 Å². The van der Waals surface area contributed by atoms with E-state index in [1.807, 2.05) is 42.5 Å². The van der Waals surface area contributed by atoms with Gasteiger partial charge in [-0.05, 0) is 36.8 Å². The first-order valence-corrected chi connectivity index (χ1v) is 8.96. The molecule has 1 aliphatic rings. The quantitative estimate of drug-likeness (QED) is 0.531. The molecule has 1 N–H and O–H groups in total. The fourth-order valence-electron chi connectivity index (χ4n) is 3.46. The van der Waals surface area contributed by atoms with Gasteiger partial charge < -0.3 is 5.32 Å². The van der Waals surface area contributed by atoms with Crippen LogP contribution in [0.1, 0.15) is 40.5 Å². The molecule has 130 valence electrons. The molecule has 3 aromatic carbocycles. The van der Waals surface area contributed by atoms with Crippen molar-refractivity contribution in [2.75, 3.05) is 16.8 Å². The first-order valence-electron chi connectivity index (χ1n) is 8.96. The van der Waals surface area contributed by atoms with E-state index in [1.165, 1.54) is 4.90 Å². The number of hydrogen-bond donors (Lipinski definition) is 1. The highest BCUT2D eigenvalue weighted by atomic mass is 16.2. The van der Waals surface area contributed by atoms with Crippen LogP contribution in [0.2, 0.25) is 0 Å². The molecule has 0 fully saturated rings. The summed E-state index contributed by atoms with van der Waals surface area (Å²) in [4.78, 5) is 27.4. The van der Waals surface area contributed by atoms with E-state index < -0.39 is 0 Å². The molecule has 0 aromatic heterocycles. The molecule has 4 rings (SSSR count). The Morgan fingerprint density at radius 2 is 1.58 bits per heavy atom. The van der Waals surface area contributed by atoms with Crippen LogP contribution < -0.4 is 10.2 Å². The van der Waals surface area contributed by atoms with Crippen molar-refractivity contribution in [3.8, 4) is 0 Å². The van der Waals surface area contributed by atoms with Crippen LogP contribution in [0, 0.1) is 0 Å². The third-order valence-electron chi connectivity index (χ3n) is 4.77. The number of rotatable bonds is 5. The number of amides is 2. The van der Waals surface area contributed by atoms with Crippen LogP contribution in [0.5, 0.6) is 0 Å². The van der Waals surface area contributed by atoms with Crippen molar-refractivity contribution >= 4 is 34.0 Å². The predicted molar refractivity (Wildman–Crippen MR) is 105 cm³/mol. The highest BCUT2D eigenvalue weighted by molar-refractivity contribution is 6.36. The number of anilines is 2. The van der Waals surface area contributed by atoms with Gasteiger partial charge in [-0.3, -0.25) is 9.59 Å². The Balaban J connectivity index is 1.85. The van der Waals surface area contributed by atoms with Crippen LogP contribution in [0.4, 0.5) is 11.4 Å². The molecule has 0 radical (unpaired) electrons. The van der Waals surface area contributed by atoms with Gasteiger partial charge in [0, 0.05) is 34.1 Å². The second-order valence-corrected chi connectivity index (χ2v) is 6.45. The minimum Gasteiger partial charge on any atom is -0.385 e. The summed E-state index contributed by atoms with van der Waals surface area (Å²) in [6, 6.07) is 18.5. The maximum Gasteiger partial charge on any atom is 0.265 e. The lowest BCUT2D eigenvalue weighted by atomic mass is 9.92. The molecule has 3 aromatic rings. The van der Waals surface area contributed by atoms with Gasteiger partial charge in [-0.25, -0.2) is 4.90 Å². The first-order chi connectivity index (χ1) is 12.7. The third kappa shape index (κ3) is 2.54. The lowest BCUT2D eigenvalue weighted by Gasteiger charge is -2.28. The summed E-state index contributed by atoms with van der Waals surface area (Å²) in [5.74, 6) is -0.546. The van der Waals surface area contributed by atoms with E-state index in [0.29, 0.717) is 16.8 Å². The maximum absolute atomic E-state index is 13.1. The number of carbonyl (C=O) groups is 2. The van der Waals surface area contributed by atoms with Gasteiger partial charge in [0.05, 0.1) is 5.69 Å². The summed E-state index contributed by atoms with van der Waals surface area (Å²) >= 11 is 0. The smallest absolute Gasteiger partial charge is 0.265 e. The second kappa shape index (κ2) is 6.64. The number of nitrogens with one attached hydrogen (secondary N) is 1. The zero-order valence-corrected chi connectivity index (χ0v) is 14.7. The van der Waals surface area contributed by atoms with Crippen LogP contribution in [0.3, 0.4) is 0 Å². The van der Waals surface area contributed by atoms with Crippen molar-refractivity contribution in [3.05, 3.63) is 71.8 Å². The monoisotopic (exact) mass is 344 g/mol. The fraction of sp³-hybridized carbons (Fsp3) is 0.182. The molecule has 0 saturated heterocycles. The van der Waals surface area contributed by atoms with Crippen LogP contribution in [-0.2, 0) is 0 Å². The maximum atomic E-state index is 13.1. The van der Waals surface area contributed by atoms with Crippen LogP contribution in [0.15, 0.2) is 60.7 Å². The van der Waals surface area contributed by atoms with E-state index in [9.17, 15) is 9.59 Å². The summed E-state index contributed by atoms with van der Waals surface area (Å²) in [6.07, 6.45) is 2.18. The third-order valence-corrected chi connectivity index (χ3v) is 4.77. The second-order valence-electron chi connectivity index (χ2n) is 6.45. The minimum absolute atomic E-state index is 0.273. The van der Waals surface area contributed by atoms with E-state index in [1.54, 1.807) is 18.2 Å². The van der Waals surface area contributed by atoms with Crippen molar-refractivity contribution < 1.29 is 9.59 Å². The van der Waals surface area contributed by atoms with Crippen molar-refractivity contribution in [1.29, 1.82) is 0 Å². The van der Waals surface area contributed by atoms with E-state index in [0.717, 1.165) is 35.8 Å². The Morgan fingerprint density at radius 1 is 0.846 bits per heavy atom. The van der Waals surface area contributed by atoms with Gasteiger partial charge in [0.15, 0.2) is 0 Å². The Bertz CT molecular complexity index is 973. The first kappa shape index (κ1) is 16.3. The van der Waals surface area contributed by atoms with Crippen molar-refractivity contribution in [2.45, 2.75) is 19.8 Å². The zero-order chi connectivity index (χ0) is 18.1. The minimum atomic E-state index is -0.273. The van der Waals surface area contributed by atoms with Crippen LogP contribution in [0.25, 0.3) is 10.8 Å². The van der Waals surface area contributed by atoms with Gasteiger partial charge in [0.1, 0.15) is 0 Å². The van der Waals surface area contributed by atoms with Gasteiger partial charge in [0.25, 0.3) is 11.8 Å². The van der Waals surface area contributed by atoms with Gasteiger partial charge in [-0.1, -0.05) is 43.7 Å². The largest absolute Gasteiger partial charge is 0.385 e. The zero-order valence-electron chi connectivity index (χ0n) is 14.7. The highest BCUT2D eigenvalue weighted by Crippen LogP contribution is 2.36. The molecule has 1 heterocycles. The number of imide groups is 1. The standard InChI is InChI=1S/C22H20N2O2/c1-2-3-14-23-19-13-12-18-20-16(19)10-7-11-17(20)21(25)24(22(18)26)15-8-5-4-6-9-15/h4-13,23H,2-3,14H2,1H3. The number of nitrogens with zero attached hydrogens (tertiary/aromatic N) is 1. The molecule has 0 aliphatic carbocycles. The summed E-state index contributed by atoms with van der Waals surface area (Å²) in [5.41, 5.74) is 2.70. The molecule has 2 amide bonds. The van der Waals surface area contributed by atoms with Gasteiger partial charge in [-0.15, -0.1) is 0 Å². The van der Waals surface area contributed by atoms with E-state index in [-0.39, 0.29) is 11.8 Å². The number of hydrogen-bond acceptors (Lipinski definition) is 3. The molecular weight excluding hydrogens is 324 g/mol. The molecule has 0 atom stereocenters. The van der Waals surface area contributed by atoms with E-state index in [2.05, 4.69) is 12.2 Å². The number of para-hydroxylation sites is 1. The van der Waals surface area contributed by atoms with Crippen molar-refractivity contribution in [3.63, 3.8) is 0 Å². The molecule has 4 heteroatoms. The summed E-state index contributed by atoms with van der Waals surface area (Å²) < 4.78 is 0. The molecule has 0 bridgehead atoms. The molecule has 0 saturated carbocycles. The van der Waals surface area contributed by atoms with Gasteiger partial charge in [0.2, 0.25) is 0 Å². The average molecular weight is 344 g/mol. The summed E-state index contributed by atoms with van der Waals surface area (Å²) in [7, 11) is 0. The molecule has 0 unspecified atom stereocenters.